The molecule has 0 heterocycles. The molecule has 174 valence electrons. The van der Waals surface area contributed by atoms with Gasteiger partial charge >= 0.3 is 0 Å². The number of hydrogen-bond donors (Lipinski definition) is 3. The lowest BCUT2D eigenvalue weighted by Gasteiger charge is -2.15. The van der Waals surface area contributed by atoms with Crippen LogP contribution in [0.4, 0.5) is 0 Å². The lowest BCUT2D eigenvalue weighted by molar-refractivity contribution is -0.118. The number of amides is 2. The number of methoxy groups -OCH3 is 1. The van der Waals surface area contributed by atoms with E-state index >= 15 is 0 Å². The number of hydrazine groups is 1. The Labute approximate surface area is 203 Å². The second kappa shape index (κ2) is 10.9. The van der Waals surface area contributed by atoms with Crippen LogP contribution in [-0.4, -0.2) is 18.9 Å². The van der Waals surface area contributed by atoms with Gasteiger partial charge in [-0.2, -0.15) is 0 Å². The average Bonchev–Trinajstić information content (AvgIpc) is 2.91. The van der Waals surface area contributed by atoms with Gasteiger partial charge in [0.15, 0.2) is 0 Å². The Morgan fingerprint density at radius 3 is 2.17 bits per heavy atom. The fourth-order valence-electron chi connectivity index (χ4n) is 3.46. The summed E-state index contributed by atoms with van der Waals surface area (Å²) in [6, 6.07) is 29.7. The highest BCUT2D eigenvalue weighted by atomic mass is 16.5. The maximum Gasteiger partial charge on any atom is 0.286 e. The van der Waals surface area contributed by atoms with E-state index < -0.39 is 11.8 Å². The topological polar surface area (TPSA) is 79.5 Å². The third-order valence-electron chi connectivity index (χ3n) is 5.38. The number of nitrogens with one attached hydrogen (secondary N) is 3. The van der Waals surface area contributed by atoms with Crippen LogP contribution >= 0.6 is 0 Å². The van der Waals surface area contributed by atoms with Crippen molar-refractivity contribution in [2.24, 2.45) is 0 Å². The Bertz CT molecular complexity index is 1390. The fourth-order valence-corrected chi connectivity index (χ4v) is 3.46. The molecule has 0 radical (unpaired) electrons. The van der Waals surface area contributed by atoms with E-state index in [0.717, 1.165) is 21.9 Å². The second-order valence-electron chi connectivity index (χ2n) is 7.77. The number of rotatable bonds is 8. The predicted octanol–water partition coefficient (Wildman–Crippen LogP) is 4.91. The summed E-state index contributed by atoms with van der Waals surface area (Å²) in [6.07, 6.45) is 1.59. The SMILES string of the molecule is C=C(NNC(=O)/C(=C/c1ccc(OC)cc1)NC(=O)c1ccccc1)c1ccc2ccccc2c1. The Morgan fingerprint density at radius 1 is 0.771 bits per heavy atom. The minimum atomic E-state index is -0.521. The van der Waals surface area contributed by atoms with E-state index in [4.69, 9.17) is 4.74 Å². The van der Waals surface area contributed by atoms with Crippen molar-refractivity contribution in [3.05, 3.63) is 126 Å². The van der Waals surface area contributed by atoms with E-state index in [1.807, 2.05) is 48.5 Å². The van der Waals surface area contributed by atoms with Gasteiger partial charge in [0.05, 0.1) is 12.8 Å². The molecule has 3 N–H and O–H groups in total. The number of carbonyl (C=O) groups is 2. The summed E-state index contributed by atoms with van der Waals surface area (Å²) in [5, 5.41) is 4.88. The predicted molar refractivity (Wildman–Crippen MR) is 139 cm³/mol. The van der Waals surface area contributed by atoms with Gasteiger partial charge in [-0.05, 0) is 58.3 Å². The van der Waals surface area contributed by atoms with Crippen molar-refractivity contribution >= 4 is 34.4 Å². The van der Waals surface area contributed by atoms with Crippen molar-refractivity contribution in [2.45, 2.75) is 0 Å². The van der Waals surface area contributed by atoms with Crippen LogP contribution in [0.1, 0.15) is 21.5 Å². The van der Waals surface area contributed by atoms with Crippen LogP contribution in [0.5, 0.6) is 5.75 Å². The van der Waals surface area contributed by atoms with Crippen LogP contribution in [-0.2, 0) is 4.79 Å². The minimum absolute atomic E-state index is 0.0721. The van der Waals surface area contributed by atoms with E-state index in [0.29, 0.717) is 17.0 Å². The first-order valence-electron chi connectivity index (χ1n) is 11.0. The van der Waals surface area contributed by atoms with Gasteiger partial charge in [0.2, 0.25) is 0 Å². The highest BCUT2D eigenvalue weighted by molar-refractivity contribution is 6.05. The molecule has 4 rings (SSSR count). The van der Waals surface area contributed by atoms with Gasteiger partial charge in [0.1, 0.15) is 11.4 Å². The summed E-state index contributed by atoms with van der Waals surface area (Å²) in [7, 11) is 1.58. The van der Waals surface area contributed by atoms with Crippen LogP contribution < -0.4 is 20.9 Å². The molecule has 0 aliphatic heterocycles. The number of fused-ring (bicyclic) bond motifs is 1. The van der Waals surface area contributed by atoms with Crippen molar-refractivity contribution in [3.8, 4) is 5.75 Å². The number of carbonyl (C=O) groups excluding carboxylic acids is 2. The fraction of sp³-hybridized carbons (Fsp3) is 0.0345. The molecule has 0 aliphatic carbocycles. The van der Waals surface area contributed by atoms with Gasteiger partial charge in [-0.1, -0.05) is 73.3 Å². The lowest BCUT2D eigenvalue weighted by Crippen LogP contribution is -2.41. The molecule has 2 amide bonds. The number of benzene rings is 4. The summed E-state index contributed by atoms with van der Waals surface area (Å²) in [6.45, 7) is 4.03. The Morgan fingerprint density at radius 2 is 1.46 bits per heavy atom. The zero-order chi connectivity index (χ0) is 24.6. The average molecular weight is 464 g/mol. The third kappa shape index (κ3) is 5.94. The normalized spacial score (nSPS) is 10.9. The molecule has 4 aromatic carbocycles. The summed E-state index contributed by atoms with van der Waals surface area (Å²) in [5.74, 6) is -0.226. The van der Waals surface area contributed by atoms with Crippen molar-refractivity contribution < 1.29 is 14.3 Å². The highest BCUT2D eigenvalue weighted by Crippen LogP contribution is 2.19. The molecule has 35 heavy (non-hydrogen) atoms. The lowest BCUT2D eigenvalue weighted by atomic mass is 10.1. The van der Waals surface area contributed by atoms with Crippen LogP contribution in [0, 0.1) is 0 Å². The first kappa shape index (κ1) is 23.3. The molecule has 6 nitrogen and oxygen atoms in total. The van der Waals surface area contributed by atoms with E-state index in [-0.39, 0.29) is 5.70 Å². The van der Waals surface area contributed by atoms with Gasteiger partial charge in [0.25, 0.3) is 11.8 Å². The van der Waals surface area contributed by atoms with Crippen molar-refractivity contribution in [1.82, 2.24) is 16.2 Å². The van der Waals surface area contributed by atoms with Crippen LogP contribution in [0.2, 0.25) is 0 Å². The van der Waals surface area contributed by atoms with Crippen LogP contribution in [0.25, 0.3) is 22.5 Å². The van der Waals surface area contributed by atoms with E-state index in [1.54, 1.807) is 61.7 Å². The molecular formula is C29H25N3O3. The molecule has 0 bridgehead atoms. The Balaban J connectivity index is 1.51. The van der Waals surface area contributed by atoms with Crippen molar-refractivity contribution in [2.75, 3.05) is 7.11 Å². The molecule has 0 saturated carbocycles. The molecular weight excluding hydrogens is 438 g/mol. The van der Waals surface area contributed by atoms with E-state index in [2.05, 4.69) is 22.7 Å². The van der Waals surface area contributed by atoms with Gasteiger partial charge in [-0.3, -0.25) is 20.4 Å². The summed E-state index contributed by atoms with van der Waals surface area (Å²) >= 11 is 0. The standard InChI is InChI=1S/C29H25N3O3/c1-20(24-15-14-22-8-6-7-11-25(22)19-24)31-32-29(34)27(18-21-12-16-26(35-2)17-13-21)30-28(33)23-9-4-3-5-10-23/h3-19,31H,1H2,2H3,(H,30,33)(H,32,34)/b27-18-. The van der Waals surface area contributed by atoms with Crippen LogP contribution in [0.3, 0.4) is 0 Å². The number of hydrogen-bond acceptors (Lipinski definition) is 4. The Hall–Kier alpha value is -4.84. The zero-order valence-electron chi connectivity index (χ0n) is 19.2. The maximum atomic E-state index is 13.1. The molecule has 0 spiro atoms. The van der Waals surface area contributed by atoms with E-state index in [9.17, 15) is 9.59 Å². The maximum absolute atomic E-state index is 13.1. The minimum Gasteiger partial charge on any atom is -0.497 e. The highest BCUT2D eigenvalue weighted by Gasteiger charge is 2.15. The molecule has 6 heteroatoms. The quantitative estimate of drug-likeness (QED) is 0.256. The second-order valence-corrected chi connectivity index (χ2v) is 7.77. The first-order chi connectivity index (χ1) is 17.0. The van der Waals surface area contributed by atoms with Gasteiger partial charge < -0.3 is 10.1 Å². The molecule has 0 atom stereocenters. The molecule has 0 saturated heterocycles. The van der Waals surface area contributed by atoms with Crippen molar-refractivity contribution in [1.29, 1.82) is 0 Å². The summed E-state index contributed by atoms with van der Waals surface area (Å²) in [4.78, 5) is 25.8. The largest absolute Gasteiger partial charge is 0.497 e. The van der Waals surface area contributed by atoms with Gasteiger partial charge in [0, 0.05) is 5.56 Å². The van der Waals surface area contributed by atoms with E-state index in [1.165, 1.54) is 0 Å². The summed E-state index contributed by atoms with van der Waals surface area (Å²) < 4.78 is 5.19. The third-order valence-corrected chi connectivity index (χ3v) is 5.38. The monoisotopic (exact) mass is 463 g/mol. The van der Waals surface area contributed by atoms with Gasteiger partial charge in [-0.25, -0.2) is 0 Å². The smallest absolute Gasteiger partial charge is 0.286 e. The Kier molecular flexibility index (Phi) is 7.23. The van der Waals surface area contributed by atoms with Crippen molar-refractivity contribution in [3.63, 3.8) is 0 Å². The zero-order valence-corrected chi connectivity index (χ0v) is 19.2. The molecule has 0 fully saturated rings. The number of ether oxygens (including phenoxy) is 1. The van der Waals surface area contributed by atoms with Crippen LogP contribution in [0.15, 0.2) is 109 Å². The molecule has 0 unspecified atom stereocenters. The molecule has 4 aromatic rings. The van der Waals surface area contributed by atoms with Gasteiger partial charge in [-0.15, -0.1) is 0 Å². The molecule has 0 aromatic heterocycles. The first-order valence-corrected chi connectivity index (χ1v) is 11.0. The summed E-state index contributed by atoms with van der Waals surface area (Å²) in [5.41, 5.74) is 8.07. The molecule has 0 aliphatic rings.